The number of carboxylic acid groups (broad SMARTS) is 1. The third kappa shape index (κ3) is 1.99. The molecule has 15 heavy (non-hydrogen) atoms. The number of hydrogen-bond acceptors (Lipinski definition) is 2. The van der Waals surface area contributed by atoms with Gasteiger partial charge in [0.05, 0.1) is 17.0 Å². The molecule has 0 saturated carbocycles. The van der Waals surface area contributed by atoms with Gasteiger partial charge >= 0.3 is 5.97 Å². The number of nitriles is 1. The van der Waals surface area contributed by atoms with E-state index in [2.05, 4.69) is 6.07 Å². The Kier molecular flexibility index (Phi) is 2.81. The summed E-state index contributed by atoms with van der Waals surface area (Å²) in [7, 11) is 0. The molecular weight excluding hydrogens is 190 g/mol. The maximum Gasteiger partial charge on any atom is 0.313 e. The summed E-state index contributed by atoms with van der Waals surface area (Å²) in [6.45, 7) is 5.08. The first-order valence-electron chi connectivity index (χ1n) is 4.64. The molecule has 0 aromatic heterocycles. The van der Waals surface area contributed by atoms with Crippen molar-refractivity contribution in [3.05, 3.63) is 34.9 Å². The molecule has 78 valence electrons. The largest absolute Gasteiger partial charge is 0.481 e. The van der Waals surface area contributed by atoms with Gasteiger partial charge in [0.25, 0.3) is 0 Å². The normalized spacial score (nSPS) is 10.8. The summed E-state index contributed by atoms with van der Waals surface area (Å²) in [5, 5.41) is 17.9. The molecule has 0 aliphatic heterocycles. The van der Waals surface area contributed by atoms with Gasteiger partial charge in [0.2, 0.25) is 0 Å². The number of carboxylic acids is 1. The van der Waals surface area contributed by atoms with E-state index in [-0.39, 0.29) is 0 Å². The topological polar surface area (TPSA) is 61.1 Å². The van der Waals surface area contributed by atoms with E-state index in [1.54, 1.807) is 32.0 Å². The maximum atomic E-state index is 11.0. The first-order chi connectivity index (χ1) is 6.89. The average Bonchev–Trinajstić information content (AvgIpc) is 2.18. The van der Waals surface area contributed by atoms with Gasteiger partial charge in [-0.05, 0) is 38.0 Å². The second-order valence-electron chi connectivity index (χ2n) is 4.07. The second kappa shape index (κ2) is 3.74. The Morgan fingerprint density at radius 1 is 1.47 bits per heavy atom. The average molecular weight is 203 g/mol. The fraction of sp³-hybridized carbons (Fsp3) is 0.333. The monoisotopic (exact) mass is 203 g/mol. The number of aliphatic carboxylic acids is 1. The zero-order chi connectivity index (χ0) is 11.6. The molecule has 0 bridgehead atoms. The van der Waals surface area contributed by atoms with Gasteiger partial charge in [-0.1, -0.05) is 12.1 Å². The van der Waals surface area contributed by atoms with E-state index in [0.717, 1.165) is 5.56 Å². The second-order valence-corrected chi connectivity index (χ2v) is 4.07. The van der Waals surface area contributed by atoms with Crippen molar-refractivity contribution < 1.29 is 9.90 Å². The van der Waals surface area contributed by atoms with Crippen molar-refractivity contribution in [2.75, 3.05) is 0 Å². The van der Waals surface area contributed by atoms with Crippen molar-refractivity contribution in [2.24, 2.45) is 0 Å². The summed E-state index contributed by atoms with van der Waals surface area (Å²) >= 11 is 0. The number of carbonyl (C=O) groups is 1. The Balaban J connectivity index is 3.30. The maximum absolute atomic E-state index is 11.0. The lowest BCUT2D eigenvalue weighted by Crippen LogP contribution is -2.28. The number of rotatable bonds is 2. The van der Waals surface area contributed by atoms with E-state index in [9.17, 15) is 4.79 Å². The molecule has 0 aliphatic rings. The first kappa shape index (κ1) is 11.3. The summed E-state index contributed by atoms with van der Waals surface area (Å²) in [6.07, 6.45) is 0. The molecule has 1 rings (SSSR count). The Morgan fingerprint density at radius 3 is 2.53 bits per heavy atom. The molecule has 1 aromatic rings. The third-order valence-corrected chi connectivity index (χ3v) is 2.61. The molecule has 0 unspecified atom stereocenters. The number of benzene rings is 1. The van der Waals surface area contributed by atoms with Gasteiger partial charge in [0, 0.05) is 0 Å². The number of aryl methyl sites for hydroxylation is 1. The first-order valence-corrected chi connectivity index (χ1v) is 4.64. The molecule has 0 radical (unpaired) electrons. The number of nitrogens with zero attached hydrogens (tertiary/aromatic N) is 1. The van der Waals surface area contributed by atoms with Crippen LogP contribution in [0.1, 0.15) is 30.5 Å². The van der Waals surface area contributed by atoms with Gasteiger partial charge in [0.1, 0.15) is 0 Å². The molecule has 0 heterocycles. The summed E-state index contributed by atoms with van der Waals surface area (Å²) in [4.78, 5) is 11.0. The summed E-state index contributed by atoms with van der Waals surface area (Å²) < 4.78 is 0. The molecule has 0 amide bonds. The van der Waals surface area contributed by atoms with Crippen LogP contribution in [-0.4, -0.2) is 11.1 Å². The van der Waals surface area contributed by atoms with Crippen molar-refractivity contribution >= 4 is 5.97 Å². The van der Waals surface area contributed by atoms with Crippen LogP contribution in [0, 0.1) is 18.3 Å². The standard InChI is InChI=1S/C12H13NO2/c1-8-4-5-10(6-9(8)7-13)12(2,3)11(14)15/h4-6H,1-3H3,(H,14,15). The SMILES string of the molecule is Cc1ccc(C(C)(C)C(=O)O)cc1C#N. The van der Waals surface area contributed by atoms with Crippen LogP contribution in [-0.2, 0) is 10.2 Å². The van der Waals surface area contributed by atoms with Crippen LogP contribution in [0.25, 0.3) is 0 Å². The van der Waals surface area contributed by atoms with Crippen LogP contribution >= 0.6 is 0 Å². The van der Waals surface area contributed by atoms with Crippen molar-refractivity contribution in [3.63, 3.8) is 0 Å². The lowest BCUT2D eigenvalue weighted by atomic mass is 9.83. The summed E-state index contributed by atoms with van der Waals surface area (Å²) in [5.41, 5.74) is 1.08. The van der Waals surface area contributed by atoms with Crippen molar-refractivity contribution in [2.45, 2.75) is 26.2 Å². The van der Waals surface area contributed by atoms with Gasteiger partial charge in [-0.15, -0.1) is 0 Å². The van der Waals surface area contributed by atoms with Crippen molar-refractivity contribution in [3.8, 4) is 6.07 Å². The summed E-state index contributed by atoms with van der Waals surface area (Å²) in [6, 6.07) is 7.23. The highest BCUT2D eigenvalue weighted by atomic mass is 16.4. The zero-order valence-corrected chi connectivity index (χ0v) is 9.03. The van der Waals surface area contributed by atoms with Crippen LogP contribution in [0.15, 0.2) is 18.2 Å². The Labute approximate surface area is 89.0 Å². The fourth-order valence-electron chi connectivity index (χ4n) is 1.25. The quantitative estimate of drug-likeness (QED) is 0.801. The Morgan fingerprint density at radius 2 is 2.07 bits per heavy atom. The van der Waals surface area contributed by atoms with Crippen LogP contribution in [0.2, 0.25) is 0 Å². The van der Waals surface area contributed by atoms with Crippen molar-refractivity contribution in [1.29, 1.82) is 5.26 Å². The zero-order valence-electron chi connectivity index (χ0n) is 9.03. The van der Waals surface area contributed by atoms with Crippen LogP contribution < -0.4 is 0 Å². The predicted octanol–water partition coefficient (Wildman–Crippen LogP) is 2.23. The van der Waals surface area contributed by atoms with Gasteiger partial charge < -0.3 is 5.11 Å². The van der Waals surface area contributed by atoms with Crippen LogP contribution in [0.3, 0.4) is 0 Å². The molecular formula is C12H13NO2. The van der Waals surface area contributed by atoms with E-state index in [4.69, 9.17) is 10.4 Å². The molecule has 0 fully saturated rings. The Hall–Kier alpha value is -1.82. The van der Waals surface area contributed by atoms with E-state index in [0.29, 0.717) is 11.1 Å². The summed E-state index contributed by atoms with van der Waals surface area (Å²) in [5.74, 6) is -0.893. The van der Waals surface area contributed by atoms with Gasteiger partial charge in [0.15, 0.2) is 0 Å². The molecule has 1 aromatic carbocycles. The number of hydrogen-bond donors (Lipinski definition) is 1. The predicted molar refractivity (Wildman–Crippen MR) is 56.6 cm³/mol. The van der Waals surface area contributed by atoms with E-state index < -0.39 is 11.4 Å². The third-order valence-electron chi connectivity index (χ3n) is 2.61. The van der Waals surface area contributed by atoms with E-state index >= 15 is 0 Å². The minimum absolute atomic E-state index is 0.529. The lowest BCUT2D eigenvalue weighted by molar-refractivity contribution is -0.142. The highest BCUT2D eigenvalue weighted by molar-refractivity contribution is 5.80. The lowest BCUT2D eigenvalue weighted by Gasteiger charge is -2.20. The molecule has 0 spiro atoms. The Bertz CT molecular complexity index is 441. The van der Waals surface area contributed by atoms with Gasteiger partial charge in [-0.3, -0.25) is 4.79 Å². The minimum Gasteiger partial charge on any atom is -0.481 e. The molecule has 3 nitrogen and oxygen atoms in total. The van der Waals surface area contributed by atoms with Crippen LogP contribution in [0.5, 0.6) is 0 Å². The minimum atomic E-state index is -0.959. The van der Waals surface area contributed by atoms with Gasteiger partial charge in [-0.2, -0.15) is 5.26 Å². The highest BCUT2D eigenvalue weighted by Crippen LogP contribution is 2.25. The molecule has 0 atom stereocenters. The van der Waals surface area contributed by atoms with Crippen molar-refractivity contribution in [1.82, 2.24) is 0 Å². The fourth-order valence-corrected chi connectivity index (χ4v) is 1.25. The van der Waals surface area contributed by atoms with E-state index in [1.165, 1.54) is 0 Å². The van der Waals surface area contributed by atoms with E-state index in [1.807, 2.05) is 6.92 Å². The molecule has 0 aliphatic carbocycles. The molecule has 3 heteroatoms. The highest BCUT2D eigenvalue weighted by Gasteiger charge is 2.29. The van der Waals surface area contributed by atoms with Gasteiger partial charge in [-0.25, -0.2) is 0 Å². The molecule has 0 saturated heterocycles. The van der Waals surface area contributed by atoms with Crippen LogP contribution in [0.4, 0.5) is 0 Å². The smallest absolute Gasteiger partial charge is 0.313 e. The molecule has 1 N–H and O–H groups in total.